The molecule has 0 saturated carbocycles. The molecule has 0 radical (unpaired) electrons. The average Bonchev–Trinajstić information content (AvgIpc) is 3.23. The van der Waals surface area contributed by atoms with Crippen molar-refractivity contribution in [2.24, 2.45) is 5.92 Å². The first-order chi connectivity index (χ1) is 10.8. The van der Waals surface area contributed by atoms with Gasteiger partial charge in [-0.2, -0.15) is 0 Å². The van der Waals surface area contributed by atoms with Crippen LogP contribution >= 0.6 is 11.3 Å². The number of rotatable bonds is 2. The number of carbonyl (C=O) groups excluding carboxylic acids is 1. The van der Waals surface area contributed by atoms with Crippen LogP contribution in [0.2, 0.25) is 0 Å². The van der Waals surface area contributed by atoms with Crippen LogP contribution in [0.5, 0.6) is 0 Å². The van der Waals surface area contributed by atoms with Gasteiger partial charge in [0.2, 0.25) is 5.91 Å². The zero-order valence-corrected chi connectivity index (χ0v) is 13.1. The van der Waals surface area contributed by atoms with Gasteiger partial charge in [-0.05, 0) is 29.9 Å². The fourth-order valence-corrected chi connectivity index (χ4v) is 4.21. The van der Waals surface area contributed by atoms with Crippen LogP contribution in [0.3, 0.4) is 0 Å². The zero-order valence-electron chi connectivity index (χ0n) is 12.3. The molecular formula is C16H18N4OS. The van der Waals surface area contributed by atoms with Crippen molar-refractivity contribution >= 4 is 23.1 Å². The van der Waals surface area contributed by atoms with Gasteiger partial charge >= 0.3 is 0 Å². The van der Waals surface area contributed by atoms with Gasteiger partial charge in [0, 0.05) is 43.4 Å². The largest absolute Gasteiger partial charge is 0.355 e. The summed E-state index contributed by atoms with van der Waals surface area (Å²) in [4.78, 5) is 26.8. The molecule has 6 heteroatoms. The Hall–Kier alpha value is -1.95. The highest BCUT2D eigenvalue weighted by Crippen LogP contribution is 2.28. The Morgan fingerprint density at radius 1 is 1.32 bits per heavy atom. The second-order valence-corrected chi connectivity index (χ2v) is 6.87. The Morgan fingerprint density at radius 2 is 2.27 bits per heavy atom. The highest BCUT2D eigenvalue weighted by Gasteiger charge is 2.33. The number of carbonyl (C=O) groups is 1. The van der Waals surface area contributed by atoms with E-state index in [0.717, 1.165) is 44.8 Å². The molecule has 2 aliphatic rings. The monoisotopic (exact) mass is 314 g/mol. The van der Waals surface area contributed by atoms with Crippen molar-refractivity contribution < 1.29 is 4.79 Å². The van der Waals surface area contributed by atoms with Crippen LogP contribution < -0.4 is 4.90 Å². The van der Waals surface area contributed by atoms with E-state index in [-0.39, 0.29) is 5.92 Å². The van der Waals surface area contributed by atoms with E-state index in [9.17, 15) is 4.79 Å². The smallest absolute Gasteiger partial charge is 0.227 e. The molecule has 2 aromatic heterocycles. The van der Waals surface area contributed by atoms with Crippen LogP contribution in [0.4, 0.5) is 5.82 Å². The second-order valence-electron chi connectivity index (χ2n) is 5.87. The van der Waals surface area contributed by atoms with Gasteiger partial charge in [0.1, 0.15) is 5.82 Å². The number of fused-ring (bicyclic) bond motifs is 1. The standard InChI is InChI=1S/C16H18N4OS/c21-16(20-7-2-14-12(10-20)3-8-22-14)13-1-6-19(11-13)15-9-17-4-5-18-15/h3-5,8-9,13H,1-2,6-7,10-11H2. The number of hydrogen-bond donors (Lipinski definition) is 0. The molecule has 1 atom stereocenters. The molecule has 1 unspecified atom stereocenters. The molecule has 0 N–H and O–H groups in total. The van der Waals surface area contributed by atoms with Crippen molar-refractivity contribution in [3.63, 3.8) is 0 Å². The number of hydrogen-bond acceptors (Lipinski definition) is 5. The molecule has 1 amide bonds. The molecule has 114 valence electrons. The van der Waals surface area contributed by atoms with Gasteiger partial charge in [-0.25, -0.2) is 4.98 Å². The minimum absolute atomic E-state index is 0.0854. The molecule has 1 saturated heterocycles. The summed E-state index contributed by atoms with van der Waals surface area (Å²) < 4.78 is 0. The molecule has 1 fully saturated rings. The number of aromatic nitrogens is 2. The van der Waals surface area contributed by atoms with Crippen molar-refractivity contribution in [1.29, 1.82) is 0 Å². The maximum atomic E-state index is 12.8. The van der Waals surface area contributed by atoms with E-state index in [1.54, 1.807) is 18.6 Å². The van der Waals surface area contributed by atoms with E-state index in [0.29, 0.717) is 5.91 Å². The molecular weight excluding hydrogens is 296 g/mol. The first-order valence-corrected chi connectivity index (χ1v) is 8.54. The van der Waals surface area contributed by atoms with E-state index >= 15 is 0 Å². The van der Waals surface area contributed by atoms with Crippen LogP contribution in [0.25, 0.3) is 0 Å². The van der Waals surface area contributed by atoms with Gasteiger partial charge in [-0.1, -0.05) is 0 Å². The number of amides is 1. The fraction of sp³-hybridized carbons (Fsp3) is 0.438. The van der Waals surface area contributed by atoms with Gasteiger partial charge in [-0.3, -0.25) is 9.78 Å². The van der Waals surface area contributed by atoms with Crippen LogP contribution in [-0.4, -0.2) is 40.4 Å². The number of nitrogens with zero attached hydrogens (tertiary/aromatic N) is 4. The summed E-state index contributed by atoms with van der Waals surface area (Å²) in [6.07, 6.45) is 7.05. The number of anilines is 1. The lowest BCUT2D eigenvalue weighted by molar-refractivity contribution is -0.135. The van der Waals surface area contributed by atoms with Crippen LogP contribution in [-0.2, 0) is 17.8 Å². The molecule has 4 heterocycles. The maximum absolute atomic E-state index is 12.8. The molecule has 4 rings (SSSR count). The second kappa shape index (κ2) is 5.68. The molecule has 5 nitrogen and oxygen atoms in total. The third kappa shape index (κ3) is 2.47. The highest BCUT2D eigenvalue weighted by atomic mass is 32.1. The van der Waals surface area contributed by atoms with E-state index in [4.69, 9.17) is 0 Å². The van der Waals surface area contributed by atoms with Gasteiger partial charge in [0.25, 0.3) is 0 Å². The lowest BCUT2D eigenvalue weighted by atomic mass is 10.0. The predicted molar refractivity (Wildman–Crippen MR) is 85.8 cm³/mol. The molecule has 0 bridgehead atoms. The summed E-state index contributed by atoms with van der Waals surface area (Å²) in [6.45, 7) is 3.27. The van der Waals surface area contributed by atoms with E-state index in [1.165, 1.54) is 10.4 Å². The molecule has 0 spiro atoms. The minimum Gasteiger partial charge on any atom is -0.355 e. The van der Waals surface area contributed by atoms with E-state index in [2.05, 4.69) is 26.3 Å². The molecule has 2 aromatic rings. The first kappa shape index (κ1) is 13.7. The third-order valence-electron chi connectivity index (χ3n) is 4.53. The minimum atomic E-state index is 0.0854. The Kier molecular flexibility index (Phi) is 3.54. The first-order valence-electron chi connectivity index (χ1n) is 7.66. The van der Waals surface area contributed by atoms with E-state index < -0.39 is 0 Å². The van der Waals surface area contributed by atoms with Crippen molar-refractivity contribution in [3.8, 4) is 0 Å². The summed E-state index contributed by atoms with van der Waals surface area (Å²) in [5.74, 6) is 1.25. The Morgan fingerprint density at radius 3 is 3.14 bits per heavy atom. The summed E-state index contributed by atoms with van der Waals surface area (Å²) in [6, 6.07) is 2.15. The van der Waals surface area contributed by atoms with Crippen LogP contribution in [0.15, 0.2) is 30.0 Å². The summed E-state index contributed by atoms with van der Waals surface area (Å²) in [5.41, 5.74) is 1.33. The molecule has 0 aromatic carbocycles. The quantitative estimate of drug-likeness (QED) is 0.850. The van der Waals surface area contributed by atoms with Crippen molar-refractivity contribution in [1.82, 2.24) is 14.9 Å². The average molecular weight is 314 g/mol. The summed E-state index contributed by atoms with van der Waals surface area (Å²) in [7, 11) is 0. The fourth-order valence-electron chi connectivity index (χ4n) is 3.32. The lowest BCUT2D eigenvalue weighted by Crippen LogP contribution is -2.40. The Bertz CT molecular complexity index is 672. The van der Waals surface area contributed by atoms with Crippen LogP contribution in [0.1, 0.15) is 16.9 Å². The summed E-state index contributed by atoms with van der Waals surface area (Å²) >= 11 is 1.81. The highest BCUT2D eigenvalue weighted by molar-refractivity contribution is 7.10. The zero-order chi connectivity index (χ0) is 14.9. The van der Waals surface area contributed by atoms with Gasteiger partial charge in [-0.15, -0.1) is 11.3 Å². The maximum Gasteiger partial charge on any atom is 0.227 e. The summed E-state index contributed by atoms with van der Waals surface area (Å²) in [5, 5.41) is 2.13. The molecule has 2 aliphatic heterocycles. The Balaban J connectivity index is 1.42. The topological polar surface area (TPSA) is 49.3 Å². The van der Waals surface area contributed by atoms with E-state index in [1.807, 2.05) is 16.2 Å². The van der Waals surface area contributed by atoms with Crippen molar-refractivity contribution in [2.45, 2.75) is 19.4 Å². The van der Waals surface area contributed by atoms with Crippen molar-refractivity contribution in [3.05, 3.63) is 40.5 Å². The van der Waals surface area contributed by atoms with Crippen molar-refractivity contribution in [2.75, 3.05) is 24.5 Å². The Labute approximate surface area is 133 Å². The van der Waals surface area contributed by atoms with Gasteiger partial charge < -0.3 is 9.80 Å². The van der Waals surface area contributed by atoms with Crippen LogP contribution in [0, 0.1) is 5.92 Å². The third-order valence-corrected chi connectivity index (χ3v) is 5.55. The predicted octanol–water partition coefficient (Wildman–Crippen LogP) is 1.95. The van der Waals surface area contributed by atoms with Gasteiger partial charge in [0.05, 0.1) is 12.1 Å². The number of thiophene rings is 1. The SMILES string of the molecule is O=C(C1CCN(c2cnccn2)C1)N1CCc2sccc2C1. The van der Waals surface area contributed by atoms with Gasteiger partial charge in [0.15, 0.2) is 0 Å². The lowest BCUT2D eigenvalue weighted by Gasteiger charge is -2.29. The normalized spacial score (nSPS) is 21.0. The molecule has 22 heavy (non-hydrogen) atoms. The molecule has 0 aliphatic carbocycles.